The van der Waals surface area contributed by atoms with E-state index in [1.165, 1.54) is 0 Å². The molecular weight excluding hydrogens is 384 g/mol. The molecule has 9 nitrogen and oxygen atoms in total. The minimum Gasteiger partial charge on any atom is -0.495 e. The highest BCUT2D eigenvalue weighted by Crippen LogP contribution is 2.28. The minimum atomic E-state index is -0.320. The minimum absolute atomic E-state index is 0.0375. The molecule has 0 saturated carbocycles. The van der Waals surface area contributed by atoms with Gasteiger partial charge in [0.25, 0.3) is 0 Å². The van der Waals surface area contributed by atoms with Gasteiger partial charge in [0.05, 0.1) is 18.5 Å². The van der Waals surface area contributed by atoms with Crippen LogP contribution in [0.25, 0.3) is 11.3 Å². The first kappa shape index (κ1) is 20.9. The number of carbonyl (C=O) groups excluding carboxylic acids is 1. The molecule has 0 radical (unpaired) electrons. The number of rotatable bonds is 8. The van der Waals surface area contributed by atoms with Crippen LogP contribution >= 0.6 is 0 Å². The Morgan fingerprint density at radius 3 is 2.60 bits per heavy atom. The highest BCUT2D eigenvalue weighted by molar-refractivity contribution is 5.89. The van der Waals surface area contributed by atoms with Crippen LogP contribution in [0.2, 0.25) is 0 Å². The van der Waals surface area contributed by atoms with Crippen LogP contribution in [0.15, 0.2) is 54.7 Å². The van der Waals surface area contributed by atoms with Gasteiger partial charge in [0.1, 0.15) is 5.75 Å². The van der Waals surface area contributed by atoms with Gasteiger partial charge in [-0.3, -0.25) is 0 Å². The number of nitrogens with zero attached hydrogens (tertiary/aromatic N) is 2. The van der Waals surface area contributed by atoms with Crippen LogP contribution in [-0.4, -0.2) is 41.4 Å². The van der Waals surface area contributed by atoms with Crippen LogP contribution in [-0.2, 0) is 0 Å². The number of nitrogens with one attached hydrogen (secondary N) is 3. The van der Waals surface area contributed by atoms with Gasteiger partial charge in [-0.2, -0.15) is 0 Å². The van der Waals surface area contributed by atoms with Gasteiger partial charge in [-0.15, -0.1) is 0 Å². The maximum atomic E-state index is 11.7. The number of aromatic nitrogens is 2. The number of ether oxygens (including phenoxy) is 1. The average molecular weight is 408 g/mol. The lowest BCUT2D eigenvalue weighted by Crippen LogP contribution is -2.29. The Morgan fingerprint density at radius 1 is 1.13 bits per heavy atom. The lowest BCUT2D eigenvalue weighted by molar-refractivity contribution is 0.249. The number of amides is 2. The number of aliphatic hydroxyl groups excluding tert-OH is 1. The van der Waals surface area contributed by atoms with Crippen LogP contribution in [0.1, 0.15) is 6.42 Å². The van der Waals surface area contributed by atoms with Crippen molar-refractivity contribution in [1.82, 2.24) is 15.3 Å². The summed E-state index contributed by atoms with van der Waals surface area (Å²) in [6.07, 6.45) is 2.18. The van der Waals surface area contributed by atoms with E-state index in [9.17, 15) is 4.79 Å². The highest BCUT2D eigenvalue weighted by atomic mass is 16.5. The van der Waals surface area contributed by atoms with Crippen molar-refractivity contribution in [3.05, 3.63) is 54.7 Å². The zero-order valence-electron chi connectivity index (χ0n) is 16.6. The van der Waals surface area contributed by atoms with E-state index >= 15 is 0 Å². The molecule has 0 aliphatic heterocycles. The number of anilines is 4. The predicted molar refractivity (Wildman–Crippen MR) is 117 cm³/mol. The summed E-state index contributed by atoms with van der Waals surface area (Å²) in [5, 5.41) is 17.3. The number of aliphatic hydroxyl groups is 1. The molecule has 1 aromatic heterocycles. The van der Waals surface area contributed by atoms with Gasteiger partial charge < -0.3 is 31.5 Å². The number of carbonyl (C=O) groups is 1. The van der Waals surface area contributed by atoms with E-state index in [1.54, 1.807) is 43.6 Å². The number of hydrogen-bond acceptors (Lipinski definition) is 7. The summed E-state index contributed by atoms with van der Waals surface area (Å²) in [5.74, 6) is 1.05. The van der Waals surface area contributed by atoms with Gasteiger partial charge >= 0.3 is 6.03 Å². The summed E-state index contributed by atoms with van der Waals surface area (Å²) in [6.45, 7) is 0.450. The molecule has 0 saturated heterocycles. The second-order valence-corrected chi connectivity index (χ2v) is 6.38. The molecule has 3 aromatic rings. The van der Waals surface area contributed by atoms with E-state index in [4.69, 9.17) is 15.6 Å². The molecule has 0 unspecified atom stereocenters. The number of methoxy groups -OCH3 is 1. The fraction of sp³-hybridized carbons (Fsp3) is 0.190. The Morgan fingerprint density at radius 2 is 1.90 bits per heavy atom. The smallest absolute Gasteiger partial charge is 0.319 e. The van der Waals surface area contributed by atoms with Crippen molar-refractivity contribution in [2.24, 2.45) is 0 Å². The SMILES string of the molecule is COc1ccc(-c2ccnc(Nc3ccc(NC(=O)NCCCO)cc3)n2)cc1N. The van der Waals surface area contributed by atoms with Gasteiger partial charge in [-0.05, 0) is 55.0 Å². The molecule has 0 atom stereocenters. The fourth-order valence-electron chi connectivity index (χ4n) is 2.70. The van der Waals surface area contributed by atoms with Crippen LogP contribution < -0.4 is 26.4 Å². The number of hydrogen-bond donors (Lipinski definition) is 5. The Bertz CT molecular complexity index is 994. The second kappa shape index (κ2) is 10.1. The number of urea groups is 1. The third-order valence-corrected chi connectivity index (χ3v) is 4.20. The summed E-state index contributed by atoms with van der Waals surface area (Å²) in [6, 6.07) is 14.1. The Hall–Kier alpha value is -3.85. The summed E-state index contributed by atoms with van der Waals surface area (Å²) in [7, 11) is 1.57. The Balaban J connectivity index is 1.65. The monoisotopic (exact) mass is 408 g/mol. The number of nitrogens with two attached hydrogens (primary N) is 1. The molecular formula is C21H24N6O3. The third-order valence-electron chi connectivity index (χ3n) is 4.20. The molecule has 1 heterocycles. The molecule has 0 fully saturated rings. The zero-order valence-corrected chi connectivity index (χ0v) is 16.6. The van der Waals surface area contributed by atoms with E-state index in [-0.39, 0.29) is 12.6 Å². The normalized spacial score (nSPS) is 10.3. The standard InChI is InChI=1S/C21H24N6O3/c1-30-19-8-3-14(13-17(19)22)18-9-11-23-20(27-18)25-15-4-6-16(7-5-15)26-21(29)24-10-2-12-28/h3-9,11,13,28H,2,10,12,22H2,1H3,(H,23,25,27)(H2,24,26,29). The molecule has 3 rings (SSSR count). The van der Waals surface area contributed by atoms with Crippen LogP contribution in [0.5, 0.6) is 5.75 Å². The van der Waals surface area contributed by atoms with Crippen LogP contribution in [0.3, 0.4) is 0 Å². The quantitative estimate of drug-likeness (QED) is 0.286. The molecule has 0 aliphatic carbocycles. The first-order valence-corrected chi connectivity index (χ1v) is 9.39. The fourth-order valence-corrected chi connectivity index (χ4v) is 2.70. The van der Waals surface area contributed by atoms with E-state index in [2.05, 4.69) is 25.9 Å². The molecule has 30 heavy (non-hydrogen) atoms. The maximum absolute atomic E-state index is 11.7. The van der Waals surface area contributed by atoms with Crippen molar-refractivity contribution in [2.75, 3.05) is 36.6 Å². The summed E-state index contributed by atoms with van der Waals surface area (Å²) >= 11 is 0. The van der Waals surface area contributed by atoms with Gasteiger partial charge in [0.15, 0.2) is 0 Å². The van der Waals surface area contributed by atoms with Crippen LogP contribution in [0.4, 0.5) is 27.8 Å². The Kier molecular flexibility index (Phi) is 7.01. The van der Waals surface area contributed by atoms with Crippen molar-refractivity contribution in [1.29, 1.82) is 0 Å². The lowest BCUT2D eigenvalue weighted by atomic mass is 10.1. The van der Waals surface area contributed by atoms with Gasteiger partial charge in [0, 0.05) is 36.3 Å². The lowest BCUT2D eigenvalue weighted by Gasteiger charge is -2.10. The summed E-state index contributed by atoms with van der Waals surface area (Å²) in [5.41, 5.74) is 9.51. The summed E-state index contributed by atoms with van der Waals surface area (Å²) in [4.78, 5) is 20.5. The average Bonchev–Trinajstić information content (AvgIpc) is 2.75. The highest BCUT2D eigenvalue weighted by Gasteiger charge is 2.07. The molecule has 2 aromatic carbocycles. The van der Waals surface area contributed by atoms with Crippen LogP contribution in [0, 0.1) is 0 Å². The van der Waals surface area contributed by atoms with Crippen molar-refractivity contribution < 1.29 is 14.6 Å². The van der Waals surface area contributed by atoms with E-state index in [1.807, 2.05) is 18.2 Å². The number of nitrogen functional groups attached to an aromatic ring is 1. The molecule has 0 spiro atoms. The third kappa shape index (κ3) is 5.58. The van der Waals surface area contributed by atoms with E-state index < -0.39 is 0 Å². The molecule has 2 amide bonds. The molecule has 0 bridgehead atoms. The van der Waals surface area contributed by atoms with Crippen molar-refractivity contribution in [3.8, 4) is 17.0 Å². The van der Waals surface area contributed by atoms with Crippen molar-refractivity contribution >= 4 is 29.0 Å². The topological polar surface area (TPSA) is 134 Å². The van der Waals surface area contributed by atoms with Crippen molar-refractivity contribution in [2.45, 2.75) is 6.42 Å². The molecule has 9 heteroatoms. The summed E-state index contributed by atoms with van der Waals surface area (Å²) < 4.78 is 5.19. The Labute approximate surface area is 174 Å². The maximum Gasteiger partial charge on any atom is 0.319 e. The van der Waals surface area contributed by atoms with Crippen molar-refractivity contribution in [3.63, 3.8) is 0 Å². The first-order chi connectivity index (χ1) is 14.6. The number of benzene rings is 2. The second-order valence-electron chi connectivity index (χ2n) is 6.38. The molecule has 156 valence electrons. The zero-order chi connectivity index (χ0) is 21.3. The van der Waals surface area contributed by atoms with Gasteiger partial charge in [0.2, 0.25) is 5.95 Å². The van der Waals surface area contributed by atoms with Gasteiger partial charge in [-0.25, -0.2) is 14.8 Å². The van der Waals surface area contributed by atoms with E-state index in [0.717, 1.165) is 16.9 Å². The van der Waals surface area contributed by atoms with E-state index in [0.29, 0.717) is 36.0 Å². The molecule has 6 N–H and O–H groups in total. The largest absolute Gasteiger partial charge is 0.495 e. The predicted octanol–water partition coefficient (Wildman–Crippen LogP) is 2.98. The molecule has 0 aliphatic rings. The first-order valence-electron chi connectivity index (χ1n) is 9.39. The van der Waals surface area contributed by atoms with Gasteiger partial charge in [-0.1, -0.05) is 0 Å².